The number of carbonyl (C=O) groups is 1. The Morgan fingerprint density at radius 3 is 2.87 bits per heavy atom. The molecule has 1 aliphatic rings. The predicted molar refractivity (Wildman–Crippen MR) is 56.8 cm³/mol. The minimum Gasteiger partial charge on any atom is -0.465 e. The zero-order valence-electron chi connectivity index (χ0n) is 9.33. The molecule has 5 nitrogen and oxygen atoms in total. The van der Waals surface area contributed by atoms with Gasteiger partial charge in [0.15, 0.2) is 0 Å². The summed E-state index contributed by atoms with van der Waals surface area (Å²) in [6, 6.07) is 0. The SMILES string of the molecule is CNCC(=O)OCCCN1CCOCC1. The molecule has 1 rings (SSSR count). The zero-order valence-corrected chi connectivity index (χ0v) is 9.33. The van der Waals surface area contributed by atoms with Gasteiger partial charge in [0.05, 0.1) is 26.4 Å². The van der Waals surface area contributed by atoms with Crippen molar-refractivity contribution in [1.82, 2.24) is 10.2 Å². The molecule has 0 amide bonds. The van der Waals surface area contributed by atoms with Gasteiger partial charge in [-0.05, 0) is 13.5 Å². The lowest BCUT2D eigenvalue weighted by atomic mass is 10.3. The lowest BCUT2D eigenvalue weighted by Crippen LogP contribution is -2.37. The number of esters is 1. The molecule has 0 aromatic rings. The third-order valence-electron chi connectivity index (χ3n) is 2.31. The van der Waals surface area contributed by atoms with Gasteiger partial charge in [0.2, 0.25) is 0 Å². The summed E-state index contributed by atoms with van der Waals surface area (Å²) in [5.41, 5.74) is 0. The van der Waals surface area contributed by atoms with E-state index in [4.69, 9.17) is 9.47 Å². The van der Waals surface area contributed by atoms with Gasteiger partial charge in [-0.25, -0.2) is 0 Å². The Balaban J connectivity index is 1.93. The summed E-state index contributed by atoms with van der Waals surface area (Å²) in [5, 5.41) is 2.76. The first kappa shape index (κ1) is 12.4. The highest BCUT2D eigenvalue weighted by molar-refractivity contribution is 5.71. The van der Waals surface area contributed by atoms with Crippen LogP contribution in [0.3, 0.4) is 0 Å². The standard InChI is InChI=1S/C10H20N2O3/c1-11-9-10(13)15-6-2-3-12-4-7-14-8-5-12/h11H,2-9H2,1H3. The van der Waals surface area contributed by atoms with Crippen molar-refractivity contribution in [1.29, 1.82) is 0 Å². The van der Waals surface area contributed by atoms with E-state index in [1.165, 1.54) is 0 Å². The molecule has 0 atom stereocenters. The smallest absolute Gasteiger partial charge is 0.319 e. The van der Waals surface area contributed by atoms with Crippen molar-refractivity contribution in [2.45, 2.75) is 6.42 Å². The molecule has 1 heterocycles. The lowest BCUT2D eigenvalue weighted by Gasteiger charge is -2.26. The van der Waals surface area contributed by atoms with Gasteiger partial charge >= 0.3 is 5.97 Å². The number of likely N-dealkylation sites (N-methyl/N-ethyl adjacent to an activating group) is 1. The highest BCUT2D eigenvalue weighted by Gasteiger charge is 2.09. The van der Waals surface area contributed by atoms with Crippen molar-refractivity contribution in [3.05, 3.63) is 0 Å². The predicted octanol–water partition coefficient (Wildman–Crippen LogP) is -0.529. The monoisotopic (exact) mass is 216 g/mol. The normalized spacial score (nSPS) is 17.7. The summed E-state index contributed by atoms with van der Waals surface area (Å²) in [7, 11) is 1.73. The number of ether oxygens (including phenoxy) is 2. The molecule has 0 radical (unpaired) electrons. The zero-order chi connectivity index (χ0) is 10.9. The number of morpholine rings is 1. The van der Waals surface area contributed by atoms with Crippen molar-refractivity contribution >= 4 is 5.97 Å². The van der Waals surface area contributed by atoms with Crippen LogP contribution in [-0.2, 0) is 14.3 Å². The maximum atomic E-state index is 11.0. The van der Waals surface area contributed by atoms with Gasteiger partial charge < -0.3 is 14.8 Å². The van der Waals surface area contributed by atoms with Crippen molar-refractivity contribution in [2.75, 3.05) is 53.0 Å². The average molecular weight is 216 g/mol. The number of hydrogen-bond acceptors (Lipinski definition) is 5. The number of carbonyl (C=O) groups excluding carboxylic acids is 1. The van der Waals surface area contributed by atoms with Crippen LogP contribution in [0.4, 0.5) is 0 Å². The minimum atomic E-state index is -0.181. The van der Waals surface area contributed by atoms with Crippen molar-refractivity contribution in [3.63, 3.8) is 0 Å². The molecule has 0 aliphatic carbocycles. The maximum absolute atomic E-state index is 11.0. The van der Waals surface area contributed by atoms with E-state index in [-0.39, 0.29) is 12.5 Å². The maximum Gasteiger partial charge on any atom is 0.319 e. The summed E-state index contributed by atoms with van der Waals surface area (Å²) in [6.45, 7) is 5.40. The summed E-state index contributed by atoms with van der Waals surface area (Å²) in [5.74, 6) is -0.181. The Morgan fingerprint density at radius 1 is 1.47 bits per heavy atom. The third-order valence-corrected chi connectivity index (χ3v) is 2.31. The molecule has 1 fully saturated rings. The fourth-order valence-electron chi connectivity index (χ4n) is 1.49. The van der Waals surface area contributed by atoms with Crippen LogP contribution in [0, 0.1) is 0 Å². The molecular formula is C10H20N2O3. The Labute approximate surface area is 90.7 Å². The van der Waals surface area contributed by atoms with Crippen LogP contribution in [0.2, 0.25) is 0 Å². The number of rotatable bonds is 6. The molecule has 0 aromatic heterocycles. The van der Waals surface area contributed by atoms with E-state index >= 15 is 0 Å². The molecule has 15 heavy (non-hydrogen) atoms. The molecule has 1 aliphatic heterocycles. The molecule has 0 spiro atoms. The summed E-state index contributed by atoms with van der Waals surface area (Å²) in [4.78, 5) is 13.3. The van der Waals surface area contributed by atoms with Crippen LogP contribution in [0.5, 0.6) is 0 Å². The van der Waals surface area contributed by atoms with Gasteiger partial charge in [0.1, 0.15) is 0 Å². The van der Waals surface area contributed by atoms with Gasteiger partial charge in [-0.1, -0.05) is 0 Å². The van der Waals surface area contributed by atoms with Crippen LogP contribution >= 0.6 is 0 Å². The molecule has 0 aromatic carbocycles. The van der Waals surface area contributed by atoms with E-state index in [2.05, 4.69) is 10.2 Å². The Bertz CT molecular complexity index is 182. The number of nitrogens with zero attached hydrogens (tertiary/aromatic N) is 1. The Hall–Kier alpha value is -0.650. The minimum absolute atomic E-state index is 0.181. The van der Waals surface area contributed by atoms with Crippen molar-refractivity contribution < 1.29 is 14.3 Å². The second-order valence-corrected chi connectivity index (χ2v) is 3.56. The van der Waals surface area contributed by atoms with Gasteiger partial charge in [0.25, 0.3) is 0 Å². The van der Waals surface area contributed by atoms with E-state index in [1.54, 1.807) is 7.05 Å². The van der Waals surface area contributed by atoms with Gasteiger partial charge in [-0.2, -0.15) is 0 Å². The summed E-state index contributed by atoms with van der Waals surface area (Å²) in [6.07, 6.45) is 0.898. The number of hydrogen-bond donors (Lipinski definition) is 1. The molecule has 1 saturated heterocycles. The first-order chi connectivity index (χ1) is 7.33. The van der Waals surface area contributed by atoms with Crippen molar-refractivity contribution in [3.8, 4) is 0 Å². The first-order valence-electron chi connectivity index (χ1n) is 5.43. The van der Waals surface area contributed by atoms with Gasteiger partial charge in [-0.15, -0.1) is 0 Å². The van der Waals surface area contributed by atoms with E-state index < -0.39 is 0 Å². The Morgan fingerprint density at radius 2 is 2.20 bits per heavy atom. The second kappa shape index (κ2) is 7.62. The van der Waals surface area contributed by atoms with E-state index in [1.807, 2.05) is 0 Å². The topological polar surface area (TPSA) is 50.8 Å². The molecule has 0 unspecified atom stereocenters. The van der Waals surface area contributed by atoms with E-state index in [9.17, 15) is 4.79 Å². The van der Waals surface area contributed by atoms with Gasteiger partial charge in [-0.3, -0.25) is 9.69 Å². The summed E-state index contributed by atoms with van der Waals surface area (Å²) >= 11 is 0. The highest BCUT2D eigenvalue weighted by Crippen LogP contribution is 1.98. The molecule has 0 bridgehead atoms. The van der Waals surface area contributed by atoms with Crippen molar-refractivity contribution in [2.24, 2.45) is 0 Å². The molecule has 5 heteroatoms. The lowest BCUT2D eigenvalue weighted by molar-refractivity contribution is -0.142. The molecule has 88 valence electrons. The largest absolute Gasteiger partial charge is 0.465 e. The second-order valence-electron chi connectivity index (χ2n) is 3.56. The Kier molecular flexibility index (Phi) is 6.31. The fraction of sp³-hybridized carbons (Fsp3) is 0.900. The molecule has 1 N–H and O–H groups in total. The van der Waals surface area contributed by atoms with Crippen LogP contribution in [0.25, 0.3) is 0 Å². The van der Waals surface area contributed by atoms with E-state index in [0.29, 0.717) is 6.61 Å². The van der Waals surface area contributed by atoms with Crippen LogP contribution in [0.15, 0.2) is 0 Å². The third kappa shape index (κ3) is 5.71. The first-order valence-corrected chi connectivity index (χ1v) is 5.43. The fourth-order valence-corrected chi connectivity index (χ4v) is 1.49. The van der Waals surface area contributed by atoms with Crippen LogP contribution < -0.4 is 5.32 Å². The van der Waals surface area contributed by atoms with E-state index in [0.717, 1.165) is 39.3 Å². The quantitative estimate of drug-likeness (QED) is 0.478. The highest BCUT2D eigenvalue weighted by atomic mass is 16.5. The average Bonchev–Trinajstić information content (AvgIpc) is 2.26. The summed E-state index contributed by atoms with van der Waals surface area (Å²) < 4.78 is 10.3. The molecule has 0 saturated carbocycles. The van der Waals surface area contributed by atoms with Crippen LogP contribution in [0.1, 0.15) is 6.42 Å². The van der Waals surface area contributed by atoms with Gasteiger partial charge in [0, 0.05) is 19.6 Å². The van der Waals surface area contributed by atoms with Crippen LogP contribution in [-0.4, -0.2) is 63.9 Å². The number of nitrogens with one attached hydrogen (secondary N) is 1. The molecular weight excluding hydrogens is 196 g/mol.